The highest BCUT2D eigenvalue weighted by atomic mass is 15.3. The van der Waals surface area contributed by atoms with Gasteiger partial charge in [0, 0.05) is 18.4 Å². The molecule has 1 unspecified atom stereocenters. The maximum absolute atomic E-state index is 4.46. The molecule has 4 heteroatoms. The van der Waals surface area contributed by atoms with Gasteiger partial charge in [0.1, 0.15) is 0 Å². The second-order valence-corrected chi connectivity index (χ2v) is 4.77. The van der Waals surface area contributed by atoms with Gasteiger partial charge in [-0.25, -0.2) is 0 Å². The smallest absolute Gasteiger partial charge is 0.0919 e. The lowest BCUT2D eigenvalue weighted by atomic mass is 10.1. The Morgan fingerprint density at radius 1 is 1.22 bits per heavy atom. The van der Waals surface area contributed by atoms with Gasteiger partial charge in [-0.1, -0.05) is 0 Å². The molecule has 4 nitrogen and oxygen atoms in total. The van der Waals surface area contributed by atoms with E-state index in [-0.39, 0.29) is 6.04 Å². The van der Waals surface area contributed by atoms with Crippen LogP contribution in [0.15, 0.2) is 30.6 Å². The van der Waals surface area contributed by atoms with E-state index in [2.05, 4.69) is 42.2 Å². The summed E-state index contributed by atoms with van der Waals surface area (Å²) in [4.78, 5) is 4.46. The molecule has 2 heterocycles. The third kappa shape index (κ3) is 2.43. The summed E-state index contributed by atoms with van der Waals surface area (Å²) >= 11 is 0. The fourth-order valence-corrected chi connectivity index (χ4v) is 2.15. The van der Waals surface area contributed by atoms with E-state index in [4.69, 9.17) is 0 Å². The monoisotopic (exact) mass is 244 g/mol. The fourth-order valence-electron chi connectivity index (χ4n) is 2.15. The third-order valence-corrected chi connectivity index (χ3v) is 3.01. The number of pyridine rings is 1. The quantitative estimate of drug-likeness (QED) is 0.898. The van der Waals surface area contributed by atoms with Gasteiger partial charge in [-0.2, -0.15) is 5.10 Å². The molecule has 0 amide bonds. The van der Waals surface area contributed by atoms with Gasteiger partial charge < -0.3 is 5.32 Å². The Balaban J connectivity index is 2.42. The maximum atomic E-state index is 4.46. The minimum absolute atomic E-state index is 0.0785. The molecule has 0 fully saturated rings. The standard InChI is InChI=1S/C14H20N4/c1-10(2)18-13(6-8-17-18)14(15-4)12-9-11(3)5-7-16-12/h5-10,14-15H,1-4H3. The van der Waals surface area contributed by atoms with Crippen molar-refractivity contribution in [1.82, 2.24) is 20.1 Å². The lowest BCUT2D eigenvalue weighted by molar-refractivity contribution is 0.481. The normalized spacial score (nSPS) is 12.9. The summed E-state index contributed by atoms with van der Waals surface area (Å²) in [5, 5.41) is 7.70. The molecule has 0 saturated heterocycles. The zero-order valence-corrected chi connectivity index (χ0v) is 11.4. The van der Waals surface area contributed by atoms with Crippen LogP contribution in [-0.4, -0.2) is 21.8 Å². The SMILES string of the molecule is CNC(c1cc(C)ccn1)c1ccnn1C(C)C. The molecule has 0 bridgehead atoms. The number of aryl methyl sites for hydroxylation is 1. The first-order valence-corrected chi connectivity index (χ1v) is 6.26. The van der Waals surface area contributed by atoms with E-state index < -0.39 is 0 Å². The van der Waals surface area contributed by atoms with E-state index in [1.165, 1.54) is 5.56 Å². The van der Waals surface area contributed by atoms with Crippen LogP contribution >= 0.6 is 0 Å². The van der Waals surface area contributed by atoms with Gasteiger partial charge in [0.15, 0.2) is 0 Å². The van der Waals surface area contributed by atoms with Gasteiger partial charge in [0.05, 0.1) is 17.4 Å². The molecule has 2 aromatic rings. The highest BCUT2D eigenvalue weighted by Crippen LogP contribution is 2.22. The number of nitrogens with zero attached hydrogens (tertiary/aromatic N) is 3. The average molecular weight is 244 g/mol. The van der Waals surface area contributed by atoms with Crippen LogP contribution in [0.1, 0.15) is 42.9 Å². The van der Waals surface area contributed by atoms with Gasteiger partial charge in [-0.15, -0.1) is 0 Å². The van der Waals surface area contributed by atoms with Crippen LogP contribution < -0.4 is 5.32 Å². The molecule has 18 heavy (non-hydrogen) atoms. The zero-order valence-electron chi connectivity index (χ0n) is 11.4. The molecule has 2 aromatic heterocycles. The van der Waals surface area contributed by atoms with Crippen molar-refractivity contribution < 1.29 is 0 Å². The van der Waals surface area contributed by atoms with Crippen molar-refractivity contribution in [2.24, 2.45) is 0 Å². The maximum Gasteiger partial charge on any atom is 0.0919 e. The summed E-state index contributed by atoms with van der Waals surface area (Å²) in [7, 11) is 1.95. The van der Waals surface area contributed by atoms with E-state index in [1.54, 1.807) is 0 Å². The first kappa shape index (κ1) is 12.8. The van der Waals surface area contributed by atoms with Crippen LogP contribution in [0.5, 0.6) is 0 Å². The van der Waals surface area contributed by atoms with Crippen molar-refractivity contribution in [3.8, 4) is 0 Å². The average Bonchev–Trinajstić information content (AvgIpc) is 2.79. The van der Waals surface area contributed by atoms with Crippen LogP contribution in [0.4, 0.5) is 0 Å². The van der Waals surface area contributed by atoms with Crippen molar-refractivity contribution in [2.75, 3.05) is 7.05 Å². The lowest BCUT2D eigenvalue weighted by Crippen LogP contribution is -2.23. The van der Waals surface area contributed by atoms with Crippen molar-refractivity contribution in [3.63, 3.8) is 0 Å². The first-order chi connectivity index (χ1) is 8.63. The van der Waals surface area contributed by atoms with Gasteiger partial charge in [-0.05, 0) is 51.6 Å². The summed E-state index contributed by atoms with van der Waals surface area (Å²) in [6.07, 6.45) is 3.70. The van der Waals surface area contributed by atoms with Crippen LogP contribution in [0.3, 0.4) is 0 Å². The van der Waals surface area contributed by atoms with E-state index in [1.807, 2.05) is 36.3 Å². The number of rotatable bonds is 4. The van der Waals surface area contributed by atoms with Crippen LogP contribution in [0.25, 0.3) is 0 Å². The van der Waals surface area contributed by atoms with E-state index in [0.29, 0.717) is 6.04 Å². The van der Waals surface area contributed by atoms with Crippen molar-refractivity contribution in [1.29, 1.82) is 0 Å². The molecule has 0 saturated carbocycles. The molecule has 96 valence electrons. The second-order valence-electron chi connectivity index (χ2n) is 4.77. The van der Waals surface area contributed by atoms with Gasteiger partial charge in [0.25, 0.3) is 0 Å². The van der Waals surface area contributed by atoms with Gasteiger partial charge in [-0.3, -0.25) is 9.67 Å². The van der Waals surface area contributed by atoms with E-state index in [9.17, 15) is 0 Å². The number of nitrogens with one attached hydrogen (secondary N) is 1. The Labute approximate surface area is 108 Å². The summed E-state index contributed by atoms with van der Waals surface area (Å²) < 4.78 is 2.03. The largest absolute Gasteiger partial charge is 0.307 e. The molecule has 1 atom stereocenters. The molecule has 0 aliphatic heterocycles. The molecule has 0 aliphatic carbocycles. The zero-order chi connectivity index (χ0) is 13.1. The van der Waals surface area contributed by atoms with Gasteiger partial charge in [0.2, 0.25) is 0 Å². The summed E-state index contributed by atoms with van der Waals surface area (Å²) in [6.45, 7) is 6.34. The van der Waals surface area contributed by atoms with Crippen LogP contribution in [-0.2, 0) is 0 Å². The van der Waals surface area contributed by atoms with E-state index >= 15 is 0 Å². The molecule has 0 radical (unpaired) electrons. The minimum Gasteiger partial charge on any atom is -0.307 e. The van der Waals surface area contributed by atoms with Crippen LogP contribution in [0, 0.1) is 6.92 Å². The predicted molar refractivity (Wildman–Crippen MR) is 72.5 cm³/mol. The Kier molecular flexibility index (Phi) is 3.77. The summed E-state index contributed by atoms with van der Waals surface area (Å²) in [5.41, 5.74) is 3.39. The summed E-state index contributed by atoms with van der Waals surface area (Å²) in [5.74, 6) is 0. The predicted octanol–water partition coefficient (Wildman–Crippen LogP) is 2.48. The van der Waals surface area contributed by atoms with Crippen LogP contribution in [0.2, 0.25) is 0 Å². The number of aromatic nitrogens is 3. The highest BCUT2D eigenvalue weighted by Gasteiger charge is 2.18. The molecular formula is C14H20N4. The highest BCUT2D eigenvalue weighted by molar-refractivity contribution is 5.25. The first-order valence-electron chi connectivity index (χ1n) is 6.26. The minimum atomic E-state index is 0.0785. The molecule has 0 spiro atoms. The van der Waals surface area contributed by atoms with Crippen molar-refractivity contribution >= 4 is 0 Å². The number of hydrogen-bond donors (Lipinski definition) is 1. The topological polar surface area (TPSA) is 42.7 Å². The van der Waals surface area contributed by atoms with Crippen molar-refractivity contribution in [3.05, 3.63) is 47.5 Å². The summed E-state index contributed by atoms with van der Waals surface area (Å²) in [6, 6.07) is 6.59. The third-order valence-electron chi connectivity index (χ3n) is 3.01. The molecule has 0 aliphatic rings. The second kappa shape index (κ2) is 5.31. The molecule has 2 rings (SSSR count). The van der Waals surface area contributed by atoms with Crippen molar-refractivity contribution in [2.45, 2.75) is 32.9 Å². The number of hydrogen-bond acceptors (Lipinski definition) is 3. The molecule has 1 N–H and O–H groups in total. The Bertz CT molecular complexity index is 516. The lowest BCUT2D eigenvalue weighted by Gasteiger charge is -2.19. The Morgan fingerprint density at radius 2 is 2.00 bits per heavy atom. The Hall–Kier alpha value is -1.68. The van der Waals surface area contributed by atoms with E-state index in [0.717, 1.165) is 11.4 Å². The fraction of sp³-hybridized carbons (Fsp3) is 0.429. The molecule has 0 aromatic carbocycles. The Morgan fingerprint density at radius 3 is 2.61 bits per heavy atom. The van der Waals surface area contributed by atoms with Gasteiger partial charge >= 0.3 is 0 Å². The molecular weight excluding hydrogens is 224 g/mol.